The fraction of sp³-hybridized carbons (Fsp3) is 0.273. The molecule has 0 saturated carbocycles. The molecule has 100 valence electrons. The number of nitro benzene ring substituents is 1. The van der Waals surface area contributed by atoms with Crippen LogP contribution in [-0.2, 0) is 13.0 Å². The number of nitro groups is 1. The molecule has 0 unspecified atom stereocenters. The van der Waals surface area contributed by atoms with E-state index >= 15 is 0 Å². The number of anilines is 1. The Kier molecular flexibility index (Phi) is 3.66. The maximum absolute atomic E-state index is 11.0. The van der Waals surface area contributed by atoms with Gasteiger partial charge in [0.1, 0.15) is 0 Å². The molecule has 1 aromatic heterocycles. The number of nitrogens with zero attached hydrogens (tertiary/aromatic N) is 4. The quantitative estimate of drug-likeness (QED) is 0.683. The van der Waals surface area contributed by atoms with Crippen molar-refractivity contribution in [1.29, 1.82) is 0 Å². The minimum absolute atomic E-state index is 0.000486. The highest BCUT2D eigenvalue weighted by Gasteiger charge is 2.17. The Labute approximate surface area is 114 Å². The lowest BCUT2D eigenvalue weighted by Crippen LogP contribution is -2.08. The molecule has 0 spiro atoms. The van der Waals surface area contributed by atoms with Crippen molar-refractivity contribution in [3.8, 4) is 0 Å². The molecule has 0 aliphatic carbocycles. The van der Waals surface area contributed by atoms with Gasteiger partial charge in [-0.25, -0.2) is 4.68 Å². The molecule has 0 fully saturated rings. The van der Waals surface area contributed by atoms with Crippen LogP contribution in [0.15, 0.2) is 18.2 Å². The first-order chi connectivity index (χ1) is 9.02. The first-order valence-corrected chi connectivity index (χ1v) is 6.01. The van der Waals surface area contributed by atoms with Crippen LogP contribution in [0.1, 0.15) is 18.2 Å². The molecule has 1 aromatic carbocycles. The van der Waals surface area contributed by atoms with Crippen molar-refractivity contribution in [2.75, 3.05) is 5.73 Å². The molecule has 19 heavy (non-hydrogen) atoms. The summed E-state index contributed by atoms with van der Waals surface area (Å²) < 4.78 is 1.55. The van der Waals surface area contributed by atoms with Gasteiger partial charge in [0, 0.05) is 11.1 Å². The highest BCUT2D eigenvalue weighted by molar-refractivity contribution is 6.30. The van der Waals surface area contributed by atoms with Crippen LogP contribution in [-0.4, -0.2) is 19.9 Å². The lowest BCUT2D eigenvalue weighted by atomic mass is 10.1. The topological polar surface area (TPSA) is 99.9 Å². The van der Waals surface area contributed by atoms with Crippen molar-refractivity contribution in [2.24, 2.45) is 0 Å². The van der Waals surface area contributed by atoms with E-state index in [1.165, 1.54) is 12.1 Å². The third-order valence-electron chi connectivity index (χ3n) is 2.76. The summed E-state index contributed by atoms with van der Waals surface area (Å²) in [6.45, 7) is 2.13. The van der Waals surface area contributed by atoms with E-state index in [4.69, 9.17) is 17.3 Å². The lowest BCUT2D eigenvalue weighted by molar-refractivity contribution is -0.385. The van der Waals surface area contributed by atoms with Gasteiger partial charge in [0.15, 0.2) is 5.82 Å². The summed E-state index contributed by atoms with van der Waals surface area (Å²) >= 11 is 5.87. The summed E-state index contributed by atoms with van der Waals surface area (Å²) in [5, 5.41) is 19.1. The minimum atomic E-state index is -0.447. The molecule has 0 saturated heterocycles. The number of hydrogen-bond donors (Lipinski definition) is 1. The number of aromatic nitrogens is 3. The Hall–Kier alpha value is -2.15. The van der Waals surface area contributed by atoms with Crippen molar-refractivity contribution in [3.63, 3.8) is 0 Å². The van der Waals surface area contributed by atoms with E-state index < -0.39 is 4.92 Å². The number of nitrogen functional groups attached to an aromatic ring is 1. The molecular formula is C11H12ClN5O2. The summed E-state index contributed by atoms with van der Waals surface area (Å²) in [6, 6.07) is 4.42. The number of nitrogens with two attached hydrogens (primary N) is 1. The molecule has 0 radical (unpaired) electrons. The smallest absolute Gasteiger partial charge is 0.274 e. The van der Waals surface area contributed by atoms with E-state index in [-0.39, 0.29) is 12.2 Å². The first kappa shape index (κ1) is 13.3. The van der Waals surface area contributed by atoms with Gasteiger partial charge in [-0.05, 0) is 18.6 Å². The first-order valence-electron chi connectivity index (χ1n) is 5.63. The van der Waals surface area contributed by atoms with Gasteiger partial charge in [-0.3, -0.25) is 10.1 Å². The third kappa shape index (κ3) is 2.65. The Morgan fingerprint density at radius 2 is 2.26 bits per heavy atom. The zero-order chi connectivity index (χ0) is 14.0. The molecule has 0 bridgehead atoms. The van der Waals surface area contributed by atoms with Gasteiger partial charge in [-0.2, -0.15) is 0 Å². The molecule has 0 aliphatic heterocycles. The van der Waals surface area contributed by atoms with E-state index in [9.17, 15) is 10.1 Å². The van der Waals surface area contributed by atoms with Crippen molar-refractivity contribution in [3.05, 3.63) is 44.6 Å². The summed E-state index contributed by atoms with van der Waals surface area (Å²) in [4.78, 5) is 10.5. The highest BCUT2D eigenvalue weighted by Crippen LogP contribution is 2.24. The average molecular weight is 282 g/mol. The summed E-state index contributed by atoms with van der Waals surface area (Å²) in [7, 11) is 0. The van der Waals surface area contributed by atoms with Crippen LogP contribution < -0.4 is 5.73 Å². The molecule has 0 aliphatic rings. The summed E-state index contributed by atoms with van der Waals surface area (Å²) in [5.41, 5.74) is 6.89. The second kappa shape index (κ2) is 5.23. The zero-order valence-electron chi connectivity index (χ0n) is 10.2. The third-order valence-corrected chi connectivity index (χ3v) is 3.00. The second-order valence-corrected chi connectivity index (χ2v) is 4.40. The Bertz CT molecular complexity index is 626. The Morgan fingerprint density at radius 3 is 2.89 bits per heavy atom. The van der Waals surface area contributed by atoms with E-state index in [1.54, 1.807) is 10.7 Å². The molecular weight excluding hydrogens is 270 g/mol. The highest BCUT2D eigenvalue weighted by atomic mass is 35.5. The Morgan fingerprint density at radius 1 is 1.53 bits per heavy atom. The molecule has 0 atom stereocenters. The van der Waals surface area contributed by atoms with E-state index in [0.717, 1.165) is 5.69 Å². The number of hydrogen-bond acceptors (Lipinski definition) is 5. The van der Waals surface area contributed by atoms with Gasteiger partial charge in [0.25, 0.3) is 5.69 Å². The second-order valence-electron chi connectivity index (χ2n) is 3.96. The van der Waals surface area contributed by atoms with Crippen LogP contribution in [0.4, 0.5) is 11.5 Å². The zero-order valence-corrected chi connectivity index (χ0v) is 11.0. The number of rotatable bonds is 4. The standard InChI is InChI=1S/C11H12ClN5O2/c1-2-9-11(13)14-15-16(9)6-7-5-8(12)3-4-10(7)17(18)19/h3-5H,2,6,13H2,1H3. The van der Waals surface area contributed by atoms with Crippen LogP contribution in [0, 0.1) is 10.1 Å². The van der Waals surface area contributed by atoms with Crippen LogP contribution in [0.5, 0.6) is 0 Å². The summed E-state index contributed by atoms with van der Waals surface area (Å²) in [5.74, 6) is 0.340. The van der Waals surface area contributed by atoms with Gasteiger partial charge in [-0.15, -0.1) is 5.10 Å². The predicted octanol–water partition coefficient (Wildman–Crippen LogP) is 2.03. The van der Waals surface area contributed by atoms with Gasteiger partial charge in [0.05, 0.1) is 22.7 Å². The number of halogens is 1. The summed E-state index contributed by atoms with van der Waals surface area (Å²) in [6.07, 6.45) is 0.646. The van der Waals surface area contributed by atoms with Gasteiger partial charge >= 0.3 is 0 Å². The van der Waals surface area contributed by atoms with Gasteiger partial charge < -0.3 is 5.73 Å². The van der Waals surface area contributed by atoms with E-state index in [2.05, 4.69) is 10.3 Å². The maximum atomic E-state index is 11.0. The largest absolute Gasteiger partial charge is 0.381 e. The molecule has 0 amide bonds. The van der Waals surface area contributed by atoms with Crippen LogP contribution >= 0.6 is 11.6 Å². The maximum Gasteiger partial charge on any atom is 0.274 e. The minimum Gasteiger partial charge on any atom is -0.381 e. The van der Waals surface area contributed by atoms with Gasteiger partial charge in [0.2, 0.25) is 0 Å². The average Bonchev–Trinajstić information content (AvgIpc) is 2.69. The van der Waals surface area contributed by atoms with Crippen LogP contribution in [0.25, 0.3) is 0 Å². The van der Waals surface area contributed by atoms with Crippen molar-refractivity contribution in [1.82, 2.24) is 15.0 Å². The lowest BCUT2D eigenvalue weighted by Gasteiger charge is -2.06. The van der Waals surface area contributed by atoms with Crippen molar-refractivity contribution < 1.29 is 4.92 Å². The molecule has 8 heteroatoms. The SMILES string of the molecule is CCc1c(N)nnn1Cc1cc(Cl)ccc1[N+](=O)[O-]. The van der Waals surface area contributed by atoms with Gasteiger partial charge in [-0.1, -0.05) is 23.7 Å². The molecule has 2 rings (SSSR count). The predicted molar refractivity (Wildman–Crippen MR) is 71.0 cm³/mol. The van der Waals surface area contributed by atoms with Crippen LogP contribution in [0.2, 0.25) is 5.02 Å². The Balaban J connectivity index is 2.42. The number of benzene rings is 1. The van der Waals surface area contributed by atoms with E-state index in [0.29, 0.717) is 22.8 Å². The van der Waals surface area contributed by atoms with Crippen molar-refractivity contribution in [2.45, 2.75) is 19.9 Å². The molecule has 2 N–H and O–H groups in total. The fourth-order valence-corrected chi connectivity index (χ4v) is 2.05. The van der Waals surface area contributed by atoms with Crippen molar-refractivity contribution >= 4 is 23.1 Å². The molecule has 1 heterocycles. The van der Waals surface area contributed by atoms with Crippen LogP contribution in [0.3, 0.4) is 0 Å². The normalized spacial score (nSPS) is 10.6. The monoisotopic (exact) mass is 281 g/mol. The molecule has 2 aromatic rings. The molecule has 7 nitrogen and oxygen atoms in total. The fourth-order valence-electron chi connectivity index (χ4n) is 1.86. The van der Waals surface area contributed by atoms with E-state index in [1.807, 2.05) is 6.92 Å².